The Bertz CT molecular complexity index is 962. The Balaban J connectivity index is 1.74. The highest BCUT2D eigenvalue weighted by atomic mass is 19.2. The summed E-state index contributed by atoms with van der Waals surface area (Å²) in [7, 11) is 1.91. The van der Waals surface area contributed by atoms with Gasteiger partial charge < -0.3 is 9.80 Å². The molecule has 4 rings (SSSR count). The molecular weight excluding hydrogens is 341 g/mol. The highest BCUT2D eigenvalue weighted by Crippen LogP contribution is 2.37. The number of nitrogens with zero attached hydrogens (tertiary/aromatic N) is 4. The zero-order valence-electron chi connectivity index (χ0n) is 14.0. The van der Waals surface area contributed by atoms with Crippen molar-refractivity contribution in [2.45, 2.75) is 6.54 Å². The van der Waals surface area contributed by atoms with Gasteiger partial charge in [-0.05, 0) is 29.8 Å². The lowest BCUT2D eigenvalue weighted by Crippen LogP contribution is -2.27. The SMILES string of the molecule is CN1CN(Cc2cccnc2)c2cc(-c3ccc(F)c(F)c3F)cnc21. The average Bonchev–Trinajstić information content (AvgIpc) is 2.96. The van der Waals surface area contributed by atoms with E-state index < -0.39 is 17.5 Å². The molecule has 0 spiro atoms. The van der Waals surface area contributed by atoms with E-state index in [-0.39, 0.29) is 5.56 Å². The second kappa shape index (κ2) is 6.33. The number of fused-ring (bicyclic) bond motifs is 1. The van der Waals surface area contributed by atoms with Gasteiger partial charge in [0.2, 0.25) is 0 Å². The number of pyridine rings is 2. The molecule has 0 unspecified atom stereocenters. The number of rotatable bonds is 3. The maximum Gasteiger partial charge on any atom is 0.195 e. The van der Waals surface area contributed by atoms with Gasteiger partial charge in [-0.15, -0.1) is 0 Å². The van der Waals surface area contributed by atoms with Gasteiger partial charge in [0, 0.05) is 43.3 Å². The van der Waals surface area contributed by atoms with Gasteiger partial charge in [-0.3, -0.25) is 4.98 Å². The number of anilines is 2. The van der Waals surface area contributed by atoms with Gasteiger partial charge >= 0.3 is 0 Å². The van der Waals surface area contributed by atoms with Crippen LogP contribution in [0.4, 0.5) is 24.7 Å². The van der Waals surface area contributed by atoms with Gasteiger partial charge in [-0.1, -0.05) is 6.07 Å². The first-order valence-electron chi connectivity index (χ1n) is 8.03. The summed E-state index contributed by atoms with van der Waals surface area (Å²) in [4.78, 5) is 12.5. The highest BCUT2D eigenvalue weighted by Gasteiger charge is 2.26. The molecule has 0 saturated heterocycles. The summed E-state index contributed by atoms with van der Waals surface area (Å²) >= 11 is 0. The van der Waals surface area contributed by atoms with E-state index in [1.807, 2.05) is 24.1 Å². The predicted octanol–water partition coefficient (Wildman–Crippen LogP) is 3.97. The Labute approximate surface area is 148 Å². The van der Waals surface area contributed by atoms with E-state index in [4.69, 9.17) is 0 Å². The first-order valence-corrected chi connectivity index (χ1v) is 8.03. The Morgan fingerprint density at radius 3 is 2.69 bits per heavy atom. The van der Waals surface area contributed by atoms with Crippen LogP contribution in [0.2, 0.25) is 0 Å². The predicted molar refractivity (Wildman–Crippen MR) is 93.2 cm³/mol. The Morgan fingerprint density at radius 2 is 1.92 bits per heavy atom. The van der Waals surface area contributed by atoms with Crippen molar-refractivity contribution in [1.29, 1.82) is 0 Å². The molecule has 0 radical (unpaired) electrons. The lowest BCUT2D eigenvalue weighted by atomic mass is 10.1. The molecule has 0 aliphatic carbocycles. The summed E-state index contributed by atoms with van der Waals surface area (Å²) in [5, 5.41) is 0. The first kappa shape index (κ1) is 16.4. The third-order valence-corrected chi connectivity index (χ3v) is 4.37. The fraction of sp³-hybridized carbons (Fsp3) is 0.158. The molecule has 2 aromatic heterocycles. The second-order valence-corrected chi connectivity index (χ2v) is 6.19. The molecule has 0 saturated carbocycles. The van der Waals surface area contributed by atoms with Crippen molar-refractivity contribution in [2.75, 3.05) is 23.5 Å². The minimum Gasteiger partial charge on any atom is -0.346 e. The third kappa shape index (κ3) is 2.75. The number of aromatic nitrogens is 2. The van der Waals surface area contributed by atoms with E-state index in [0.29, 0.717) is 18.8 Å². The Kier molecular flexibility index (Phi) is 3.99. The van der Waals surface area contributed by atoms with Gasteiger partial charge in [0.15, 0.2) is 23.3 Å². The summed E-state index contributed by atoms with van der Waals surface area (Å²) in [6.07, 6.45) is 4.96. The number of hydrogen-bond acceptors (Lipinski definition) is 4. The molecule has 132 valence electrons. The molecule has 0 amide bonds. The van der Waals surface area contributed by atoms with E-state index in [2.05, 4.69) is 14.9 Å². The van der Waals surface area contributed by atoms with Crippen LogP contribution in [-0.4, -0.2) is 23.7 Å². The minimum atomic E-state index is -1.48. The average molecular weight is 356 g/mol. The topological polar surface area (TPSA) is 32.3 Å². The Morgan fingerprint density at radius 1 is 1.08 bits per heavy atom. The smallest absolute Gasteiger partial charge is 0.195 e. The van der Waals surface area contributed by atoms with E-state index in [9.17, 15) is 13.2 Å². The van der Waals surface area contributed by atoms with E-state index >= 15 is 0 Å². The van der Waals surface area contributed by atoms with Crippen molar-refractivity contribution in [3.8, 4) is 11.1 Å². The first-order chi connectivity index (χ1) is 12.5. The molecule has 26 heavy (non-hydrogen) atoms. The Hall–Kier alpha value is -3.09. The lowest BCUT2D eigenvalue weighted by Gasteiger charge is -2.19. The quantitative estimate of drug-likeness (QED) is 0.665. The van der Waals surface area contributed by atoms with Crippen molar-refractivity contribution < 1.29 is 13.2 Å². The van der Waals surface area contributed by atoms with Crippen LogP contribution in [0.1, 0.15) is 5.56 Å². The van der Waals surface area contributed by atoms with Gasteiger partial charge in [0.25, 0.3) is 0 Å². The van der Waals surface area contributed by atoms with E-state index in [1.54, 1.807) is 18.5 Å². The fourth-order valence-corrected chi connectivity index (χ4v) is 3.12. The number of hydrogen-bond donors (Lipinski definition) is 0. The summed E-state index contributed by atoms with van der Waals surface area (Å²) in [6.45, 7) is 1.22. The van der Waals surface area contributed by atoms with Crippen LogP contribution in [0, 0.1) is 17.5 Å². The summed E-state index contributed by atoms with van der Waals surface area (Å²) in [5.41, 5.74) is 2.21. The fourth-order valence-electron chi connectivity index (χ4n) is 3.12. The van der Waals surface area contributed by atoms with Gasteiger partial charge in [0.1, 0.15) is 0 Å². The second-order valence-electron chi connectivity index (χ2n) is 6.19. The molecule has 0 bridgehead atoms. The molecule has 3 aromatic rings. The zero-order valence-corrected chi connectivity index (χ0v) is 14.0. The highest BCUT2D eigenvalue weighted by molar-refractivity contribution is 5.78. The van der Waals surface area contributed by atoms with Crippen LogP contribution in [0.3, 0.4) is 0 Å². The van der Waals surface area contributed by atoms with Crippen molar-refractivity contribution in [3.63, 3.8) is 0 Å². The van der Waals surface area contributed by atoms with Crippen molar-refractivity contribution in [2.24, 2.45) is 0 Å². The van der Waals surface area contributed by atoms with Crippen LogP contribution in [0.5, 0.6) is 0 Å². The molecule has 3 heterocycles. The summed E-state index contributed by atoms with van der Waals surface area (Å²) in [6, 6.07) is 7.72. The van der Waals surface area contributed by atoms with Crippen LogP contribution >= 0.6 is 0 Å². The maximum absolute atomic E-state index is 14.1. The molecule has 0 atom stereocenters. The molecule has 7 heteroatoms. The van der Waals surface area contributed by atoms with E-state index in [1.165, 1.54) is 12.3 Å². The molecule has 1 aliphatic rings. The molecule has 1 aromatic carbocycles. The molecule has 1 aliphatic heterocycles. The van der Waals surface area contributed by atoms with Crippen LogP contribution in [-0.2, 0) is 6.54 Å². The zero-order chi connectivity index (χ0) is 18.3. The van der Waals surface area contributed by atoms with Gasteiger partial charge in [-0.25, -0.2) is 18.2 Å². The third-order valence-electron chi connectivity index (χ3n) is 4.37. The van der Waals surface area contributed by atoms with Gasteiger partial charge in [-0.2, -0.15) is 0 Å². The van der Waals surface area contributed by atoms with Crippen LogP contribution in [0.15, 0.2) is 48.9 Å². The summed E-state index contributed by atoms with van der Waals surface area (Å²) < 4.78 is 40.9. The largest absolute Gasteiger partial charge is 0.346 e. The van der Waals surface area contributed by atoms with Crippen molar-refractivity contribution in [3.05, 3.63) is 71.9 Å². The molecule has 0 N–H and O–H groups in total. The van der Waals surface area contributed by atoms with Crippen LogP contribution in [0.25, 0.3) is 11.1 Å². The standard InChI is InChI=1S/C19H15F3N4/c1-25-11-26(10-12-3-2-6-23-8-12)16-7-13(9-24-19(16)25)14-4-5-15(20)18(22)17(14)21/h2-9H,10-11H2,1H3. The van der Waals surface area contributed by atoms with Crippen molar-refractivity contribution >= 4 is 11.5 Å². The van der Waals surface area contributed by atoms with E-state index in [0.717, 1.165) is 23.1 Å². The molecule has 0 fully saturated rings. The molecule has 4 nitrogen and oxygen atoms in total. The number of benzene rings is 1. The lowest BCUT2D eigenvalue weighted by molar-refractivity contribution is 0.449. The van der Waals surface area contributed by atoms with Gasteiger partial charge in [0.05, 0.1) is 12.4 Å². The van der Waals surface area contributed by atoms with Crippen molar-refractivity contribution in [1.82, 2.24) is 9.97 Å². The monoisotopic (exact) mass is 356 g/mol. The number of halogens is 3. The van der Waals surface area contributed by atoms with Crippen LogP contribution < -0.4 is 9.80 Å². The normalized spacial score (nSPS) is 13.2. The molecular formula is C19H15F3N4. The summed E-state index contributed by atoms with van der Waals surface area (Å²) in [5.74, 6) is -3.15. The maximum atomic E-state index is 14.1. The minimum absolute atomic E-state index is 0.0184.